The van der Waals surface area contributed by atoms with Gasteiger partial charge in [-0.1, -0.05) is 25.4 Å². The van der Waals surface area contributed by atoms with Crippen LogP contribution in [0.2, 0.25) is 5.02 Å². The van der Waals surface area contributed by atoms with Crippen LogP contribution in [0.25, 0.3) is 0 Å². The number of aryl methyl sites for hydroxylation is 1. The van der Waals surface area contributed by atoms with Crippen molar-refractivity contribution in [3.63, 3.8) is 0 Å². The number of halogens is 1. The van der Waals surface area contributed by atoms with Gasteiger partial charge in [0.05, 0.1) is 22.5 Å². The molecule has 1 N–H and O–H groups in total. The predicted molar refractivity (Wildman–Crippen MR) is 72.8 cm³/mol. The van der Waals surface area contributed by atoms with E-state index in [4.69, 9.17) is 16.3 Å². The Bertz CT molecular complexity index is 375. The van der Waals surface area contributed by atoms with Crippen molar-refractivity contribution >= 4 is 11.6 Å². The molecule has 0 aliphatic heterocycles. The fourth-order valence-corrected chi connectivity index (χ4v) is 2.60. The van der Waals surface area contributed by atoms with Crippen LogP contribution in [0.5, 0.6) is 0 Å². The van der Waals surface area contributed by atoms with Crippen LogP contribution in [0.4, 0.5) is 0 Å². The molecule has 0 saturated carbocycles. The molecule has 0 aromatic carbocycles. The van der Waals surface area contributed by atoms with Crippen molar-refractivity contribution in [2.45, 2.75) is 58.8 Å². The van der Waals surface area contributed by atoms with E-state index in [-0.39, 0.29) is 0 Å². The molecule has 0 saturated heterocycles. The van der Waals surface area contributed by atoms with Gasteiger partial charge in [-0.15, -0.1) is 0 Å². The van der Waals surface area contributed by atoms with Crippen molar-refractivity contribution in [1.82, 2.24) is 9.78 Å². The summed E-state index contributed by atoms with van der Waals surface area (Å²) in [5, 5.41) is 15.3. The fraction of sp³-hybridized carbons (Fsp3) is 0.769. The Morgan fingerprint density at radius 2 is 2.00 bits per heavy atom. The van der Waals surface area contributed by atoms with Crippen LogP contribution >= 0.6 is 11.6 Å². The smallest absolute Gasteiger partial charge is 0.126 e. The summed E-state index contributed by atoms with van der Waals surface area (Å²) in [5.41, 5.74) is 0.0574. The van der Waals surface area contributed by atoms with Gasteiger partial charge < -0.3 is 9.84 Å². The lowest BCUT2D eigenvalue weighted by Gasteiger charge is -2.36. The molecule has 1 unspecified atom stereocenters. The van der Waals surface area contributed by atoms with Gasteiger partial charge in [0, 0.05) is 13.2 Å². The summed E-state index contributed by atoms with van der Waals surface area (Å²) < 4.78 is 7.55. The minimum Gasteiger partial charge on any atom is -0.384 e. The van der Waals surface area contributed by atoms with Gasteiger partial charge in [0.15, 0.2) is 0 Å². The van der Waals surface area contributed by atoms with E-state index in [0.717, 1.165) is 12.8 Å². The molecule has 1 atom stereocenters. The molecule has 0 aliphatic rings. The molecule has 4 nitrogen and oxygen atoms in total. The normalized spacial score (nSPS) is 13.9. The summed E-state index contributed by atoms with van der Waals surface area (Å²) in [6.07, 6.45) is 2.27. The molecule has 0 fully saturated rings. The highest BCUT2D eigenvalue weighted by molar-refractivity contribution is 6.31. The third kappa shape index (κ3) is 2.71. The first-order chi connectivity index (χ1) is 8.56. The number of aromatic nitrogens is 2. The minimum atomic E-state index is -0.762. The molecule has 0 bridgehead atoms. The summed E-state index contributed by atoms with van der Waals surface area (Å²) in [6.45, 7) is 9.18. The Labute approximate surface area is 114 Å². The molecule has 0 aliphatic carbocycles. The Balaban J connectivity index is 3.16. The molecule has 0 spiro atoms. The van der Waals surface area contributed by atoms with E-state index in [1.807, 2.05) is 27.7 Å². The van der Waals surface area contributed by atoms with Gasteiger partial charge in [0.2, 0.25) is 0 Å². The van der Waals surface area contributed by atoms with E-state index in [1.165, 1.54) is 0 Å². The molecule has 104 valence electrons. The second-order valence-electron chi connectivity index (χ2n) is 4.30. The molecule has 1 aromatic rings. The van der Waals surface area contributed by atoms with Crippen LogP contribution in [-0.2, 0) is 11.3 Å². The van der Waals surface area contributed by atoms with Crippen molar-refractivity contribution in [1.29, 1.82) is 0 Å². The first kappa shape index (κ1) is 15.5. The number of hydrogen-bond acceptors (Lipinski definition) is 3. The number of aliphatic hydroxyl groups excluding tert-OH is 1. The lowest BCUT2D eigenvalue weighted by atomic mass is 9.88. The maximum atomic E-state index is 10.7. The highest BCUT2D eigenvalue weighted by Crippen LogP contribution is 2.38. The Hall–Kier alpha value is -0.580. The van der Waals surface area contributed by atoms with Crippen LogP contribution in [0.3, 0.4) is 0 Å². The average Bonchev–Trinajstić information content (AvgIpc) is 2.76. The molecular weight excluding hydrogens is 252 g/mol. The quantitative estimate of drug-likeness (QED) is 0.831. The monoisotopic (exact) mass is 274 g/mol. The topological polar surface area (TPSA) is 47.3 Å². The van der Waals surface area contributed by atoms with Gasteiger partial charge >= 0.3 is 0 Å². The van der Waals surface area contributed by atoms with Crippen LogP contribution in [-0.4, -0.2) is 27.1 Å². The maximum absolute atomic E-state index is 10.7. The number of nitrogens with zero attached hydrogens (tertiary/aromatic N) is 2. The van der Waals surface area contributed by atoms with Crippen molar-refractivity contribution < 1.29 is 9.84 Å². The maximum Gasteiger partial charge on any atom is 0.126 e. The van der Waals surface area contributed by atoms with Crippen LogP contribution in [0.1, 0.15) is 52.3 Å². The second-order valence-corrected chi connectivity index (χ2v) is 4.71. The lowest BCUT2D eigenvalue weighted by Crippen LogP contribution is -2.39. The minimum absolute atomic E-state index is 0.496. The van der Waals surface area contributed by atoms with Crippen LogP contribution in [0.15, 0.2) is 6.20 Å². The van der Waals surface area contributed by atoms with Gasteiger partial charge in [-0.25, -0.2) is 0 Å². The highest BCUT2D eigenvalue weighted by atomic mass is 35.5. The van der Waals surface area contributed by atoms with Crippen molar-refractivity contribution in [2.24, 2.45) is 0 Å². The Morgan fingerprint density at radius 1 is 1.39 bits per heavy atom. The number of hydrogen-bond donors (Lipinski definition) is 1. The second kappa shape index (κ2) is 6.55. The third-order valence-electron chi connectivity index (χ3n) is 3.52. The van der Waals surface area contributed by atoms with Crippen LogP contribution < -0.4 is 0 Å². The van der Waals surface area contributed by atoms with Gasteiger partial charge in [0.25, 0.3) is 0 Å². The summed E-state index contributed by atoms with van der Waals surface area (Å²) in [4.78, 5) is 0. The molecular formula is C13H23ClN2O2. The first-order valence-electron chi connectivity index (χ1n) is 6.59. The van der Waals surface area contributed by atoms with Crippen LogP contribution in [0, 0.1) is 0 Å². The largest absolute Gasteiger partial charge is 0.384 e. The third-order valence-corrected chi connectivity index (χ3v) is 3.81. The molecule has 0 amide bonds. The van der Waals surface area contributed by atoms with Gasteiger partial charge in [-0.3, -0.25) is 4.68 Å². The molecule has 5 heteroatoms. The van der Waals surface area contributed by atoms with E-state index in [1.54, 1.807) is 10.9 Å². The number of aliphatic hydroxyl groups is 1. The number of rotatable bonds is 7. The lowest BCUT2D eigenvalue weighted by molar-refractivity contribution is -0.130. The van der Waals surface area contributed by atoms with Crippen molar-refractivity contribution in [3.8, 4) is 0 Å². The van der Waals surface area contributed by atoms with E-state index < -0.39 is 11.7 Å². The van der Waals surface area contributed by atoms with E-state index in [9.17, 15) is 5.11 Å². The Kier molecular flexibility index (Phi) is 5.63. The summed E-state index contributed by atoms with van der Waals surface area (Å²) in [5.74, 6) is 0. The Morgan fingerprint density at radius 3 is 2.44 bits per heavy atom. The molecule has 1 rings (SSSR count). The summed E-state index contributed by atoms with van der Waals surface area (Å²) in [6, 6.07) is 0. The van der Waals surface area contributed by atoms with Crippen molar-refractivity contribution in [3.05, 3.63) is 16.9 Å². The number of ether oxygens (including phenoxy) is 1. The highest BCUT2D eigenvalue weighted by Gasteiger charge is 2.39. The molecule has 18 heavy (non-hydrogen) atoms. The SMILES string of the molecule is CCOC(CC)(CC)C(O)c1c(Cl)cnn1CC. The molecule has 1 heterocycles. The predicted octanol–water partition coefficient (Wildman–Crippen LogP) is 3.19. The van der Waals surface area contributed by atoms with E-state index >= 15 is 0 Å². The first-order valence-corrected chi connectivity index (χ1v) is 6.97. The zero-order valence-electron chi connectivity index (χ0n) is 11.6. The van der Waals surface area contributed by atoms with Gasteiger partial charge in [-0.05, 0) is 26.7 Å². The van der Waals surface area contributed by atoms with E-state index in [2.05, 4.69) is 5.10 Å². The van der Waals surface area contributed by atoms with Crippen molar-refractivity contribution in [2.75, 3.05) is 6.61 Å². The fourth-order valence-electron chi connectivity index (χ4n) is 2.35. The standard InChI is InChI=1S/C13H23ClN2O2/c1-5-13(6-2,18-8-4)12(17)11-10(14)9-15-16(11)7-3/h9,12,17H,5-8H2,1-4H3. The zero-order valence-corrected chi connectivity index (χ0v) is 12.4. The van der Waals surface area contributed by atoms with Gasteiger partial charge in [0.1, 0.15) is 6.10 Å². The summed E-state index contributed by atoms with van der Waals surface area (Å²) in [7, 11) is 0. The zero-order chi connectivity index (χ0) is 13.8. The van der Waals surface area contributed by atoms with Gasteiger partial charge in [-0.2, -0.15) is 5.10 Å². The molecule has 1 aromatic heterocycles. The average molecular weight is 275 g/mol. The summed E-state index contributed by atoms with van der Waals surface area (Å²) >= 11 is 6.14. The molecule has 0 radical (unpaired) electrons. The van der Waals surface area contributed by atoms with E-state index in [0.29, 0.717) is 23.9 Å².